The largest absolute Gasteiger partial charge is 0.379 e. The molecule has 0 aliphatic carbocycles. The van der Waals surface area contributed by atoms with E-state index in [1.165, 1.54) is 34.6 Å². The molecule has 26 heavy (non-hydrogen) atoms. The van der Waals surface area contributed by atoms with Gasteiger partial charge in [-0.05, 0) is 24.3 Å². The Balaban J connectivity index is 1.85. The average Bonchev–Trinajstić information content (AvgIpc) is 2.64. The van der Waals surface area contributed by atoms with E-state index >= 15 is 0 Å². The molecule has 2 aromatic carbocycles. The molecule has 0 unspecified atom stereocenters. The second kappa shape index (κ2) is 7.58. The third kappa shape index (κ3) is 3.96. The molecule has 1 aliphatic rings. The summed E-state index contributed by atoms with van der Waals surface area (Å²) < 4.78 is 32.0. The summed E-state index contributed by atoms with van der Waals surface area (Å²) in [4.78, 5) is 10.4. The van der Waals surface area contributed by atoms with Crippen molar-refractivity contribution in [3.63, 3.8) is 0 Å². The Morgan fingerprint density at radius 2 is 1.88 bits per heavy atom. The molecule has 138 valence electrons. The number of anilines is 2. The van der Waals surface area contributed by atoms with Gasteiger partial charge in [0.2, 0.25) is 10.0 Å². The third-order valence-electron chi connectivity index (χ3n) is 3.88. The van der Waals surface area contributed by atoms with E-state index in [4.69, 9.17) is 16.3 Å². The van der Waals surface area contributed by atoms with Gasteiger partial charge in [-0.3, -0.25) is 10.1 Å². The molecular formula is C16H16ClN3O5S. The van der Waals surface area contributed by atoms with Crippen LogP contribution >= 0.6 is 11.6 Å². The lowest BCUT2D eigenvalue weighted by Gasteiger charge is -2.26. The Labute approximate surface area is 155 Å². The van der Waals surface area contributed by atoms with E-state index < -0.39 is 14.9 Å². The van der Waals surface area contributed by atoms with E-state index in [-0.39, 0.29) is 15.6 Å². The van der Waals surface area contributed by atoms with E-state index in [9.17, 15) is 18.5 Å². The maximum Gasteiger partial charge on any atom is 0.271 e. The predicted molar refractivity (Wildman–Crippen MR) is 97.4 cm³/mol. The van der Waals surface area contributed by atoms with Gasteiger partial charge in [-0.15, -0.1) is 0 Å². The van der Waals surface area contributed by atoms with Crippen molar-refractivity contribution in [2.75, 3.05) is 31.6 Å². The summed E-state index contributed by atoms with van der Waals surface area (Å²) >= 11 is 6.07. The summed E-state index contributed by atoms with van der Waals surface area (Å²) in [7, 11) is -3.61. The van der Waals surface area contributed by atoms with Crippen LogP contribution in [0.5, 0.6) is 0 Å². The maximum absolute atomic E-state index is 12.7. The lowest BCUT2D eigenvalue weighted by atomic mass is 10.2. The quantitative estimate of drug-likeness (QED) is 0.614. The van der Waals surface area contributed by atoms with Crippen molar-refractivity contribution < 1.29 is 18.1 Å². The SMILES string of the molecule is O=[N+]([O-])c1ccc(Nc2cccc(S(=O)(=O)N3CCOCC3)c2)c(Cl)c1. The molecule has 0 amide bonds. The summed E-state index contributed by atoms with van der Waals surface area (Å²) in [6.45, 7) is 1.37. The van der Waals surface area contributed by atoms with E-state index in [2.05, 4.69) is 5.32 Å². The fourth-order valence-corrected chi connectivity index (χ4v) is 4.22. The van der Waals surface area contributed by atoms with Crippen molar-refractivity contribution >= 4 is 38.7 Å². The Morgan fingerprint density at radius 1 is 1.15 bits per heavy atom. The fourth-order valence-electron chi connectivity index (χ4n) is 2.54. The van der Waals surface area contributed by atoms with Crippen molar-refractivity contribution in [3.05, 3.63) is 57.6 Å². The minimum Gasteiger partial charge on any atom is -0.379 e. The van der Waals surface area contributed by atoms with Crippen LogP contribution in [0.4, 0.5) is 17.1 Å². The molecule has 1 aliphatic heterocycles. The number of morpholine rings is 1. The number of nitrogens with zero attached hydrogens (tertiary/aromatic N) is 2. The monoisotopic (exact) mass is 397 g/mol. The molecule has 10 heteroatoms. The molecule has 1 saturated heterocycles. The van der Waals surface area contributed by atoms with Gasteiger partial charge in [0.15, 0.2) is 0 Å². The van der Waals surface area contributed by atoms with Gasteiger partial charge in [0.1, 0.15) is 0 Å². The summed E-state index contributed by atoms with van der Waals surface area (Å²) in [5, 5.41) is 13.9. The maximum atomic E-state index is 12.7. The van der Waals surface area contributed by atoms with Gasteiger partial charge < -0.3 is 10.1 Å². The summed E-state index contributed by atoms with van der Waals surface area (Å²) in [5.74, 6) is 0. The first-order valence-electron chi connectivity index (χ1n) is 7.77. The fraction of sp³-hybridized carbons (Fsp3) is 0.250. The first kappa shape index (κ1) is 18.6. The molecule has 1 N–H and O–H groups in total. The first-order chi connectivity index (χ1) is 12.4. The molecule has 1 heterocycles. The highest BCUT2D eigenvalue weighted by Crippen LogP contribution is 2.30. The van der Waals surface area contributed by atoms with Gasteiger partial charge in [0, 0.05) is 30.9 Å². The Hall–Kier alpha value is -2.20. The van der Waals surface area contributed by atoms with Crippen molar-refractivity contribution in [1.82, 2.24) is 4.31 Å². The predicted octanol–water partition coefficient (Wildman–Crippen LogP) is 3.01. The molecule has 0 saturated carbocycles. The molecule has 1 fully saturated rings. The van der Waals surface area contributed by atoms with Crippen molar-refractivity contribution in [1.29, 1.82) is 0 Å². The number of halogens is 1. The second-order valence-electron chi connectivity index (χ2n) is 5.59. The molecule has 0 radical (unpaired) electrons. The zero-order valence-corrected chi connectivity index (χ0v) is 15.2. The number of nitrogens with one attached hydrogen (secondary N) is 1. The zero-order valence-electron chi connectivity index (χ0n) is 13.6. The van der Waals surface area contributed by atoms with Crippen LogP contribution in [-0.2, 0) is 14.8 Å². The third-order valence-corrected chi connectivity index (χ3v) is 6.09. The standard InChI is InChI=1S/C16H16ClN3O5S/c17-15-11-13(20(21)22)4-5-16(15)18-12-2-1-3-14(10-12)26(23,24)19-6-8-25-9-7-19/h1-5,10-11,18H,6-9H2. The number of rotatable bonds is 5. The van der Waals surface area contributed by atoms with Crippen molar-refractivity contribution in [2.24, 2.45) is 0 Å². The number of nitro benzene ring substituents is 1. The van der Waals surface area contributed by atoms with Crippen LogP contribution < -0.4 is 5.32 Å². The van der Waals surface area contributed by atoms with Crippen molar-refractivity contribution in [3.8, 4) is 0 Å². The van der Waals surface area contributed by atoms with Gasteiger partial charge in [-0.2, -0.15) is 4.31 Å². The molecule has 2 aromatic rings. The highest BCUT2D eigenvalue weighted by Gasteiger charge is 2.26. The number of hydrogen-bond donors (Lipinski definition) is 1. The minimum atomic E-state index is -3.61. The molecule has 0 aromatic heterocycles. The number of hydrogen-bond acceptors (Lipinski definition) is 6. The lowest BCUT2D eigenvalue weighted by molar-refractivity contribution is -0.384. The zero-order chi connectivity index (χ0) is 18.7. The van der Waals surface area contributed by atoms with Gasteiger partial charge >= 0.3 is 0 Å². The highest BCUT2D eigenvalue weighted by molar-refractivity contribution is 7.89. The Kier molecular flexibility index (Phi) is 5.42. The molecule has 0 atom stereocenters. The van der Waals surface area contributed by atoms with Crippen LogP contribution in [0.1, 0.15) is 0 Å². The number of benzene rings is 2. The number of nitro groups is 1. The Bertz CT molecular complexity index is 929. The minimum absolute atomic E-state index is 0.121. The average molecular weight is 398 g/mol. The van der Waals surface area contributed by atoms with Gasteiger partial charge in [-0.1, -0.05) is 17.7 Å². The molecular weight excluding hydrogens is 382 g/mol. The van der Waals surface area contributed by atoms with E-state index in [1.54, 1.807) is 12.1 Å². The molecule has 0 spiro atoms. The summed E-state index contributed by atoms with van der Waals surface area (Å²) in [6.07, 6.45) is 0. The first-order valence-corrected chi connectivity index (χ1v) is 9.59. The van der Waals surface area contributed by atoms with Crippen LogP contribution in [0.2, 0.25) is 5.02 Å². The number of ether oxygens (including phenoxy) is 1. The second-order valence-corrected chi connectivity index (χ2v) is 7.94. The van der Waals surface area contributed by atoms with Gasteiger partial charge in [-0.25, -0.2) is 8.42 Å². The van der Waals surface area contributed by atoms with Crippen LogP contribution in [-0.4, -0.2) is 43.9 Å². The number of non-ortho nitro benzene ring substituents is 1. The van der Waals surface area contributed by atoms with Crippen LogP contribution in [0.15, 0.2) is 47.4 Å². The van der Waals surface area contributed by atoms with E-state index in [1.807, 2.05) is 0 Å². The van der Waals surface area contributed by atoms with Crippen LogP contribution in [0.3, 0.4) is 0 Å². The normalized spacial score (nSPS) is 15.6. The van der Waals surface area contributed by atoms with Crippen LogP contribution in [0.25, 0.3) is 0 Å². The number of sulfonamides is 1. The summed E-state index contributed by atoms with van der Waals surface area (Å²) in [5.41, 5.74) is 0.831. The Morgan fingerprint density at radius 3 is 2.54 bits per heavy atom. The molecule has 8 nitrogen and oxygen atoms in total. The van der Waals surface area contributed by atoms with Crippen molar-refractivity contribution in [2.45, 2.75) is 4.90 Å². The van der Waals surface area contributed by atoms with E-state index in [0.717, 1.165) is 0 Å². The molecule has 3 rings (SSSR count). The lowest BCUT2D eigenvalue weighted by Crippen LogP contribution is -2.40. The molecule has 0 bridgehead atoms. The van der Waals surface area contributed by atoms with Gasteiger partial charge in [0.25, 0.3) is 5.69 Å². The van der Waals surface area contributed by atoms with Crippen LogP contribution in [0, 0.1) is 10.1 Å². The topological polar surface area (TPSA) is 102 Å². The van der Waals surface area contributed by atoms with E-state index in [0.29, 0.717) is 37.7 Å². The van der Waals surface area contributed by atoms with Gasteiger partial charge in [0.05, 0.1) is 33.7 Å². The highest BCUT2D eigenvalue weighted by atomic mass is 35.5. The smallest absolute Gasteiger partial charge is 0.271 e. The summed E-state index contributed by atoms with van der Waals surface area (Å²) in [6, 6.07) is 10.4.